The van der Waals surface area contributed by atoms with Crippen LogP contribution in [-0.4, -0.2) is 59.0 Å². The van der Waals surface area contributed by atoms with E-state index in [4.69, 9.17) is 0 Å². The zero-order valence-electron chi connectivity index (χ0n) is 13.2. The molecule has 2 aliphatic heterocycles. The summed E-state index contributed by atoms with van der Waals surface area (Å²) in [7, 11) is 0. The molecule has 0 saturated carbocycles. The van der Waals surface area contributed by atoms with Crippen LogP contribution in [0.2, 0.25) is 0 Å². The Morgan fingerprint density at radius 3 is 2.50 bits per heavy atom. The molecule has 2 fully saturated rings. The van der Waals surface area contributed by atoms with Crippen LogP contribution in [-0.2, 0) is 14.4 Å². The quantitative estimate of drug-likeness (QED) is 0.661. The summed E-state index contributed by atoms with van der Waals surface area (Å²) in [6.07, 6.45) is 3.13. The normalized spacial score (nSPS) is 26.2. The number of carbonyl (C=O) groups is 3. The maximum atomic E-state index is 12.5. The van der Waals surface area contributed by atoms with Gasteiger partial charge in [-0.2, -0.15) is 0 Å². The lowest BCUT2D eigenvalue weighted by molar-refractivity contribution is -0.145. The van der Waals surface area contributed by atoms with Crippen LogP contribution in [0.15, 0.2) is 0 Å². The first-order valence-corrected chi connectivity index (χ1v) is 7.99. The molecule has 0 aromatic heterocycles. The molecule has 124 valence electrons. The van der Waals surface area contributed by atoms with Gasteiger partial charge in [-0.25, -0.2) is 4.79 Å². The topological polar surface area (TPSA) is 98.7 Å². The molecule has 0 aromatic carbocycles. The molecule has 0 unspecified atom stereocenters. The second-order valence-corrected chi connectivity index (χ2v) is 6.41. The van der Waals surface area contributed by atoms with Crippen LogP contribution in [0.1, 0.15) is 39.5 Å². The molecular formula is C15H25N3O4. The summed E-state index contributed by atoms with van der Waals surface area (Å²) >= 11 is 0. The Morgan fingerprint density at radius 2 is 1.95 bits per heavy atom. The third-order valence-electron chi connectivity index (χ3n) is 4.43. The average Bonchev–Trinajstić information content (AvgIpc) is 3.13. The average molecular weight is 311 g/mol. The van der Waals surface area contributed by atoms with Crippen molar-refractivity contribution in [1.82, 2.24) is 15.5 Å². The third kappa shape index (κ3) is 3.58. The van der Waals surface area contributed by atoms with E-state index in [9.17, 15) is 19.5 Å². The SMILES string of the molecule is CC(C)[C@H](NC(=O)[C@@H]1CCCN1C(=O)[C@@H]1CCCN1)C(=O)O. The molecule has 0 radical (unpaired) electrons. The van der Waals surface area contributed by atoms with Crippen molar-refractivity contribution in [2.45, 2.75) is 57.7 Å². The molecule has 7 heteroatoms. The van der Waals surface area contributed by atoms with E-state index in [1.165, 1.54) is 0 Å². The number of nitrogens with one attached hydrogen (secondary N) is 2. The maximum Gasteiger partial charge on any atom is 0.326 e. The van der Waals surface area contributed by atoms with Gasteiger partial charge in [0.2, 0.25) is 11.8 Å². The Bertz CT molecular complexity index is 446. The fourth-order valence-electron chi connectivity index (χ4n) is 3.16. The van der Waals surface area contributed by atoms with E-state index in [-0.39, 0.29) is 23.8 Å². The number of aliphatic carboxylic acids is 1. The van der Waals surface area contributed by atoms with E-state index in [1.54, 1.807) is 18.7 Å². The van der Waals surface area contributed by atoms with Crippen molar-refractivity contribution < 1.29 is 19.5 Å². The van der Waals surface area contributed by atoms with Crippen LogP contribution in [0.4, 0.5) is 0 Å². The van der Waals surface area contributed by atoms with Crippen LogP contribution in [0, 0.1) is 5.92 Å². The van der Waals surface area contributed by atoms with Gasteiger partial charge in [-0.15, -0.1) is 0 Å². The van der Waals surface area contributed by atoms with Gasteiger partial charge in [0.05, 0.1) is 6.04 Å². The second kappa shape index (κ2) is 7.09. The summed E-state index contributed by atoms with van der Waals surface area (Å²) in [4.78, 5) is 37.7. The number of rotatable bonds is 5. The molecule has 0 bridgehead atoms. The summed E-state index contributed by atoms with van der Waals surface area (Å²) < 4.78 is 0. The van der Waals surface area contributed by atoms with Crippen molar-refractivity contribution in [3.8, 4) is 0 Å². The van der Waals surface area contributed by atoms with E-state index in [0.29, 0.717) is 13.0 Å². The highest BCUT2D eigenvalue weighted by atomic mass is 16.4. The molecule has 22 heavy (non-hydrogen) atoms. The van der Waals surface area contributed by atoms with Gasteiger partial charge in [-0.05, 0) is 38.1 Å². The Balaban J connectivity index is 2.01. The number of nitrogens with zero attached hydrogens (tertiary/aromatic N) is 1. The lowest BCUT2D eigenvalue weighted by atomic mass is 10.0. The highest BCUT2D eigenvalue weighted by molar-refractivity contribution is 5.92. The summed E-state index contributed by atoms with van der Waals surface area (Å²) in [5.41, 5.74) is 0. The summed E-state index contributed by atoms with van der Waals surface area (Å²) in [5.74, 6) is -1.64. The van der Waals surface area contributed by atoms with Crippen molar-refractivity contribution >= 4 is 17.8 Å². The molecule has 3 N–H and O–H groups in total. The van der Waals surface area contributed by atoms with Gasteiger partial charge in [-0.1, -0.05) is 13.8 Å². The maximum absolute atomic E-state index is 12.5. The van der Waals surface area contributed by atoms with Crippen molar-refractivity contribution in [2.75, 3.05) is 13.1 Å². The molecule has 0 spiro atoms. The molecule has 2 aliphatic rings. The number of likely N-dealkylation sites (tertiary alicyclic amines) is 1. The van der Waals surface area contributed by atoms with Crippen molar-refractivity contribution in [1.29, 1.82) is 0 Å². The number of carbonyl (C=O) groups excluding carboxylic acids is 2. The van der Waals surface area contributed by atoms with Gasteiger partial charge in [-0.3, -0.25) is 9.59 Å². The number of carboxylic acids is 1. The first-order valence-electron chi connectivity index (χ1n) is 7.99. The number of hydrogen-bond acceptors (Lipinski definition) is 4. The molecule has 3 atom stereocenters. The lowest BCUT2D eigenvalue weighted by Gasteiger charge is -2.28. The number of amides is 2. The second-order valence-electron chi connectivity index (χ2n) is 6.41. The molecule has 0 aromatic rings. The van der Waals surface area contributed by atoms with Crippen LogP contribution in [0.25, 0.3) is 0 Å². The third-order valence-corrected chi connectivity index (χ3v) is 4.43. The van der Waals surface area contributed by atoms with Gasteiger partial charge >= 0.3 is 5.97 Å². The van der Waals surface area contributed by atoms with Gasteiger partial charge < -0.3 is 20.6 Å². The van der Waals surface area contributed by atoms with Crippen molar-refractivity contribution in [2.24, 2.45) is 5.92 Å². The monoisotopic (exact) mass is 311 g/mol. The number of hydrogen-bond donors (Lipinski definition) is 3. The highest BCUT2D eigenvalue weighted by Gasteiger charge is 2.39. The molecule has 2 saturated heterocycles. The molecule has 2 amide bonds. The van der Waals surface area contributed by atoms with Crippen molar-refractivity contribution in [3.63, 3.8) is 0 Å². The molecule has 7 nitrogen and oxygen atoms in total. The predicted molar refractivity (Wildman–Crippen MR) is 80.2 cm³/mol. The predicted octanol–water partition coefficient (Wildman–Crippen LogP) is -0.0452. The largest absolute Gasteiger partial charge is 0.480 e. The Morgan fingerprint density at radius 1 is 1.23 bits per heavy atom. The Hall–Kier alpha value is -1.63. The number of carboxylic acid groups (broad SMARTS) is 1. The minimum atomic E-state index is -1.04. The zero-order chi connectivity index (χ0) is 16.3. The Kier molecular flexibility index (Phi) is 5.39. The standard InChI is InChI=1S/C15H25N3O4/c1-9(2)12(15(21)22)17-13(19)11-6-4-8-18(11)14(20)10-5-3-7-16-10/h9-12,16H,3-8H2,1-2H3,(H,17,19)(H,21,22)/t10-,11-,12-/m0/s1. The first kappa shape index (κ1) is 16.7. The van der Waals surface area contributed by atoms with E-state index >= 15 is 0 Å². The van der Waals surface area contributed by atoms with E-state index in [1.807, 2.05) is 0 Å². The zero-order valence-corrected chi connectivity index (χ0v) is 13.2. The van der Waals surface area contributed by atoms with Crippen LogP contribution < -0.4 is 10.6 Å². The van der Waals surface area contributed by atoms with Gasteiger partial charge in [0.25, 0.3) is 0 Å². The molecule has 0 aliphatic carbocycles. The fourth-order valence-corrected chi connectivity index (χ4v) is 3.16. The van der Waals surface area contributed by atoms with Crippen molar-refractivity contribution in [3.05, 3.63) is 0 Å². The minimum Gasteiger partial charge on any atom is -0.480 e. The van der Waals surface area contributed by atoms with Gasteiger partial charge in [0.1, 0.15) is 12.1 Å². The summed E-state index contributed by atoms with van der Waals surface area (Å²) in [5, 5.41) is 14.9. The van der Waals surface area contributed by atoms with E-state index in [0.717, 1.165) is 25.8 Å². The minimum absolute atomic E-state index is 0.0356. The van der Waals surface area contributed by atoms with E-state index in [2.05, 4.69) is 10.6 Å². The smallest absolute Gasteiger partial charge is 0.326 e. The fraction of sp³-hybridized carbons (Fsp3) is 0.800. The van der Waals surface area contributed by atoms with Gasteiger partial charge in [0, 0.05) is 6.54 Å². The highest BCUT2D eigenvalue weighted by Crippen LogP contribution is 2.21. The van der Waals surface area contributed by atoms with Crippen LogP contribution in [0.5, 0.6) is 0 Å². The summed E-state index contributed by atoms with van der Waals surface area (Å²) in [6, 6.07) is -1.67. The van der Waals surface area contributed by atoms with Crippen LogP contribution in [0.3, 0.4) is 0 Å². The molecule has 2 rings (SSSR count). The van der Waals surface area contributed by atoms with Crippen LogP contribution >= 0.6 is 0 Å². The first-order chi connectivity index (χ1) is 10.4. The van der Waals surface area contributed by atoms with Gasteiger partial charge in [0.15, 0.2) is 0 Å². The summed E-state index contributed by atoms with van der Waals surface area (Å²) in [6.45, 7) is 4.89. The molecular weight excluding hydrogens is 286 g/mol. The van der Waals surface area contributed by atoms with E-state index < -0.39 is 18.1 Å². The molecule has 2 heterocycles. The Labute approximate surface area is 130 Å². The lowest BCUT2D eigenvalue weighted by Crippen LogP contribution is -2.54.